The van der Waals surface area contributed by atoms with Gasteiger partial charge in [0.05, 0.1) is 49.2 Å². The molecule has 2 saturated heterocycles. The van der Waals surface area contributed by atoms with Crippen molar-refractivity contribution >= 4 is 28.9 Å². The average molecular weight is 535 g/mol. The summed E-state index contributed by atoms with van der Waals surface area (Å²) in [6.07, 6.45) is 4.70. The topological polar surface area (TPSA) is 130 Å². The number of benzene rings is 1. The molecule has 1 aromatic carbocycles. The van der Waals surface area contributed by atoms with E-state index in [4.69, 9.17) is 14.5 Å². The second-order valence-corrected chi connectivity index (χ2v) is 9.72. The minimum Gasteiger partial charge on any atom is -0.494 e. The van der Waals surface area contributed by atoms with E-state index < -0.39 is 0 Å². The Balaban J connectivity index is 1.44. The molecule has 12 nitrogen and oxygen atoms in total. The van der Waals surface area contributed by atoms with Crippen molar-refractivity contribution < 1.29 is 19.4 Å². The number of anilines is 4. The first-order chi connectivity index (χ1) is 18.8. The number of aliphatic hydroxyl groups excluding tert-OH is 1. The van der Waals surface area contributed by atoms with E-state index in [1.165, 1.54) is 6.08 Å². The third-order valence-corrected chi connectivity index (χ3v) is 6.85. The number of β-amino-alcohol motifs (C(OH)–C–C–N with tert-alkyl or cyclic N) is 1. The number of aliphatic hydroxyl groups is 1. The van der Waals surface area contributed by atoms with Gasteiger partial charge in [-0.3, -0.25) is 9.69 Å². The number of amides is 1. The summed E-state index contributed by atoms with van der Waals surface area (Å²) in [6.45, 7) is 12.1. The standard InChI is InChI=1S/C27H34N8O4/c1-5-25(37)29-21-10-22(24(38-4)11-23(21)34-6-8-39-9-7-34)30-27-28-12-17(2)26(31-27)35-14-19(18(3)32-35)13-33-15-20(36)16-33/h5,10-12,14,20,36H,1,6-9,13,15-16H2,2-4H3,(H,29,37)(H,28,30,31). The van der Waals surface area contributed by atoms with E-state index in [-0.39, 0.29) is 12.0 Å². The maximum atomic E-state index is 12.2. The molecule has 5 rings (SSSR count). The molecule has 0 aliphatic carbocycles. The molecule has 39 heavy (non-hydrogen) atoms. The van der Waals surface area contributed by atoms with E-state index in [0.29, 0.717) is 68.3 Å². The smallest absolute Gasteiger partial charge is 0.247 e. The van der Waals surface area contributed by atoms with Crippen LogP contribution in [0.15, 0.2) is 37.2 Å². The summed E-state index contributed by atoms with van der Waals surface area (Å²) in [6, 6.07) is 3.70. The predicted octanol–water partition coefficient (Wildman–Crippen LogP) is 2.17. The Bertz CT molecular complexity index is 1360. The van der Waals surface area contributed by atoms with E-state index >= 15 is 0 Å². The Kier molecular flexibility index (Phi) is 7.77. The van der Waals surface area contributed by atoms with Crippen LogP contribution in [0.5, 0.6) is 5.75 Å². The molecule has 0 bridgehead atoms. The maximum absolute atomic E-state index is 12.2. The number of hydrogen-bond donors (Lipinski definition) is 3. The second-order valence-electron chi connectivity index (χ2n) is 9.72. The monoisotopic (exact) mass is 534 g/mol. The Morgan fingerprint density at radius 2 is 2.03 bits per heavy atom. The SMILES string of the molecule is C=CC(=O)Nc1cc(Nc2ncc(C)c(-n3cc(CN4CC(O)C4)c(C)n3)n2)c(OC)cc1N1CCOCC1. The lowest BCUT2D eigenvalue weighted by Crippen LogP contribution is -2.49. The Labute approximate surface area is 227 Å². The molecule has 3 aromatic rings. The zero-order chi connectivity index (χ0) is 27.5. The number of rotatable bonds is 9. The molecule has 0 unspecified atom stereocenters. The van der Waals surface area contributed by atoms with Gasteiger partial charge in [0.1, 0.15) is 5.75 Å². The number of hydrogen-bond acceptors (Lipinski definition) is 10. The molecule has 3 N–H and O–H groups in total. The highest BCUT2D eigenvalue weighted by atomic mass is 16.5. The number of carbonyl (C=O) groups excluding carboxylic acids is 1. The van der Waals surface area contributed by atoms with E-state index in [1.54, 1.807) is 18.0 Å². The molecule has 0 saturated carbocycles. The molecule has 2 aliphatic rings. The average Bonchev–Trinajstić information content (AvgIpc) is 3.29. The van der Waals surface area contributed by atoms with Gasteiger partial charge in [-0.1, -0.05) is 6.58 Å². The van der Waals surface area contributed by atoms with Crippen molar-refractivity contribution in [2.75, 3.05) is 62.0 Å². The second kappa shape index (κ2) is 11.4. The molecule has 1 amide bonds. The van der Waals surface area contributed by atoms with Gasteiger partial charge in [0.25, 0.3) is 0 Å². The van der Waals surface area contributed by atoms with E-state index in [0.717, 1.165) is 29.1 Å². The number of ether oxygens (including phenoxy) is 2. The van der Waals surface area contributed by atoms with E-state index in [2.05, 4.69) is 37.1 Å². The third kappa shape index (κ3) is 5.87. The molecule has 206 valence electrons. The lowest BCUT2D eigenvalue weighted by atomic mass is 10.1. The third-order valence-electron chi connectivity index (χ3n) is 6.85. The molecule has 2 aromatic heterocycles. The van der Waals surface area contributed by atoms with Gasteiger partial charge in [-0.25, -0.2) is 9.67 Å². The minimum absolute atomic E-state index is 0.247. The van der Waals surface area contributed by atoms with Crippen LogP contribution in [0.1, 0.15) is 16.8 Å². The Hall–Kier alpha value is -4.00. The lowest BCUT2D eigenvalue weighted by Gasteiger charge is -2.35. The number of nitrogens with one attached hydrogen (secondary N) is 2. The number of methoxy groups -OCH3 is 1. The number of aromatic nitrogens is 4. The highest BCUT2D eigenvalue weighted by molar-refractivity contribution is 6.02. The number of carbonyl (C=O) groups is 1. The van der Waals surface area contributed by atoms with Crippen molar-refractivity contribution in [3.05, 3.63) is 54.0 Å². The Morgan fingerprint density at radius 3 is 2.72 bits per heavy atom. The first kappa shape index (κ1) is 26.6. The number of aryl methyl sites for hydroxylation is 2. The largest absolute Gasteiger partial charge is 0.494 e. The van der Waals surface area contributed by atoms with Gasteiger partial charge in [-0.15, -0.1) is 0 Å². The van der Waals surface area contributed by atoms with Crippen LogP contribution in [0, 0.1) is 13.8 Å². The molecule has 2 aliphatic heterocycles. The zero-order valence-electron chi connectivity index (χ0n) is 22.5. The molecule has 12 heteroatoms. The zero-order valence-corrected chi connectivity index (χ0v) is 22.5. The van der Waals surface area contributed by atoms with Crippen molar-refractivity contribution in [3.63, 3.8) is 0 Å². The molecule has 0 atom stereocenters. The van der Waals surface area contributed by atoms with E-state index in [9.17, 15) is 9.90 Å². The molecule has 4 heterocycles. The van der Waals surface area contributed by atoms with Crippen LogP contribution in [0.4, 0.5) is 23.0 Å². The summed E-state index contributed by atoms with van der Waals surface area (Å²) in [5, 5.41) is 20.4. The number of likely N-dealkylation sites (tertiary alicyclic amines) is 1. The Morgan fingerprint density at radius 1 is 1.26 bits per heavy atom. The fraction of sp³-hybridized carbons (Fsp3) is 0.407. The van der Waals surface area contributed by atoms with Crippen molar-refractivity contribution in [2.24, 2.45) is 0 Å². The first-order valence-electron chi connectivity index (χ1n) is 12.9. The van der Waals surface area contributed by atoms with Crippen LogP contribution >= 0.6 is 0 Å². The normalized spacial score (nSPS) is 16.1. The molecule has 0 spiro atoms. The quantitative estimate of drug-likeness (QED) is 0.351. The number of morpholine rings is 1. The fourth-order valence-electron chi connectivity index (χ4n) is 4.70. The van der Waals surface area contributed by atoms with Crippen LogP contribution < -0.4 is 20.3 Å². The summed E-state index contributed by atoms with van der Waals surface area (Å²) < 4.78 is 13.0. The van der Waals surface area contributed by atoms with Gasteiger partial charge in [-0.05, 0) is 26.0 Å². The van der Waals surface area contributed by atoms with Gasteiger partial charge in [0.15, 0.2) is 5.82 Å². The summed E-state index contributed by atoms with van der Waals surface area (Å²) in [5.41, 5.74) is 4.89. The lowest BCUT2D eigenvalue weighted by molar-refractivity contribution is -0.111. The van der Waals surface area contributed by atoms with Crippen molar-refractivity contribution in [2.45, 2.75) is 26.5 Å². The van der Waals surface area contributed by atoms with Crippen LogP contribution in [-0.4, -0.2) is 88.3 Å². The van der Waals surface area contributed by atoms with Crippen molar-refractivity contribution in [1.82, 2.24) is 24.6 Å². The van der Waals surface area contributed by atoms with Crippen LogP contribution in [-0.2, 0) is 16.1 Å². The minimum atomic E-state index is -0.313. The predicted molar refractivity (Wildman–Crippen MR) is 148 cm³/mol. The summed E-state index contributed by atoms with van der Waals surface area (Å²) in [4.78, 5) is 25.8. The molecule has 2 fully saturated rings. The highest BCUT2D eigenvalue weighted by Gasteiger charge is 2.25. The van der Waals surface area contributed by atoms with Gasteiger partial charge in [-0.2, -0.15) is 10.1 Å². The number of nitrogens with zero attached hydrogens (tertiary/aromatic N) is 6. The van der Waals surface area contributed by atoms with Gasteiger partial charge >= 0.3 is 0 Å². The van der Waals surface area contributed by atoms with Gasteiger partial charge in [0.2, 0.25) is 11.9 Å². The fourth-order valence-corrected chi connectivity index (χ4v) is 4.70. The van der Waals surface area contributed by atoms with Crippen LogP contribution in [0.3, 0.4) is 0 Å². The summed E-state index contributed by atoms with van der Waals surface area (Å²) in [7, 11) is 1.60. The molecule has 0 radical (unpaired) electrons. The van der Waals surface area contributed by atoms with Crippen molar-refractivity contribution in [1.29, 1.82) is 0 Å². The van der Waals surface area contributed by atoms with Gasteiger partial charge < -0.3 is 30.1 Å². The van der Waals surface area contributed by atoms with E-state index in [1.807, 2.05) is 32.2 Å². The first-order valence-corrected chi connectivity index (χ1v) is 12.9. The molecular formula is C27H34N8O4. The summed E-state index contributed by atoms with van der Waals surface area (Å²) in [5.74, 6) is 1.27. The highest BCUT2D eigenvalue weighted by Crippen LogP contribution is 2.38. The van der Waals surface area contributed by atoms with Crippen LogP contribution in [0.2, 0.25) is 0 Å². The van der Waals surface area contributed by atoms with Crippen molar-refractivity contribution in [3.8, 4) is 11.6 Å². The van der Waals surface area contributed by atoms with Gasteiger partial charge in [0, 0.05) is 62.3 Å². The van der Waals surface area contributed by atoms with Crippen LogP contribution in [0.25, 0.3) is 5.82 Å². The maximum Gasteiger partial charge on any atom is 0.247 e. The molecular weight excluding hydrogens is 500 g/mol. The summed E-state index contributed by atoms with van der Waals surface area (Å²) >= 11 is 0.